The van der Waals surface area contributed by atoms with E-state index in [1.54, 1.807) is 4.90 Å². The number of aliphatic carboxylic acids is 1. The second-order valence-electron chi connectivity index (χ2n) is 6.82. The Morgan fingerprint density at radius 2 is 1.89 bits per heavy atom. The minimum atomic E-state index is -5.08. The summed E-state index contributed by atoms with van der Waals surface area (Å²) in [5, 5.41) is 19.0. The zero-order valence-electron chi connectivity index (χ0n) is 15.0. The van der Waals surface area contributed by atoms with Crippen LogP contribution in [0.25, 0.3) is 0 Å². The number of rotatable bonds is 4. The van der Waals surface area contributed by atoms with Crippen LogP contribution in [0.5, 0.6) is 0 Å². The van der Waals surface area contributed by atoms with E-state index in [-0.39, 0.29) is 35.7 Å². The molecule has 0 aromatic carbocycles. The lowest BCUT2D eigenvalue weighted by molar-refractivity contribution is -0.192. The summed E-state index contributed by atoms with van der Waals surface area (Å²) >= 11 is 0. The lowest BCUT2D eigenvalue weighted by Crippen LogP contribution is -2.47. The molecule has 1 saturated heterocycles. The highest BCUT2D eigenvalue weighted by Gasteiger charge is 2.50. The molecule has 4 N–H and O–H groups in total. The first-order valence-electron chi connectivity index (χ1n) is 8.46. The highest BCUT2D eigenvalue weighted by atomic mass is 19.4. The van der Waals surface area contributed by atoms with Gasteiger partial charge in [-0.15, -0.1) is 0 Å². The fraction of sp³-hybridized carbons (Fsp3) is 0.750. The van der Waals surface area contributed by atoms with Crippen LogP contribution < -0.4 is 11.1 Å². The van der Waals surface area contributed by atoms with Crippen LogP contribution in [0.3, 0.4) is 0 Å². The Bertz CT molecular complexity index is 618. The van der Waals surface area contributed by atoms with Gasteiger partial charge < -0.3 is 21.1 Å². The molecule has 27 heavy (non-hydrogen) atoms. The maximum atomic E-state index is 12.3. The number of carbonyl (C=O) groups excluding carboxylic acids is 2. The van der Waals surface area contributed by atoms with Gasteiger partial charge in [0.1, 0.15) is 6.04 Å². The number of nitrogens with one attached hydrogen (secondary N) is 1. The normalized spacial score (nSPS) is 25.1. The van der Waals surface area contributed by atoms with Crippen molar-refractivity contribution in [1.82, 2.24) is 10.2 Å². The molecule has 0 spiro atoms. The SMILES string of the molecule is CC(C)NC(=O)[C@H]1C[C@H]1[C@H](N)C(=O)N1CCC[C@H]1C#N.O=C(O)C(F)(F)F. The Morgan fingerprint density at radius 1 is 1.33 bits per heavy atom. The van der Waals surface area contributed by atoms with Gasteiger partial charge in [0.05, 0.1) is 12.1 Å². The number of hydrogen-bond acceptors (Lipinski definition) is 5. The number of carboxylic acids is 1. The minimum absolute atomic E-state index is 0.0218. The maximum Gasteiger partial charge on any atom is 0.490 e. The topological polar surface area (TPSA) is 137 Å². The van der Waals surface area contributed by atoms with E-state index in [0.717, 1.165) is 12.8 Å². The number of hydrogen-bond donors (Lipinski definition) is 3. The van der Waals surface area contributed by atoms with Gasteiger partial charge in [0.15, 0.2) is 0 Å². The Kier molecular flexibility index (Phi) is 7.59. The van der Waals surface area contributed by atoms with Gasteiger partial charge in [-0.05, 0) is 39.0 Å². The van der Waals surface area contributed by atoms with Gasteiger partial charge in [0.25, 0.3) is 0 Å². The Hall–Kier alpha value is -2.35. The number of carboxylic acid groups (broad SMARTS) is 1. The first-order valence-corrected chi connectivity index (χ1v) is 8.46. The number of alkyl halides is 3. The van der Waals surface area contributed by atoms with Crippen molar-refractivity contribution in [2.75, 3.05) is 6.54 Å². The van der Waals surface area contributed by atoms with Crippen LogP contribution in [-0.2, 0) is 14.4 Å². The minimum Gasteiger partial charge on any atom is -0.475 e. The molecule has 0 unspecified atom stereocenters. The largest absolute Gasteiger partial charge is 0.490 e. The Labute approximate surface area is 154 Å². The Morgan fingerprint density at radius 3 is 2.33 bits per heavy atom. The molecule has 0 aromatic heterocycles. The van der Waals surface area contributed by atoms with E-state index in [1.807, 2.05) is 13.8 Å². The van der Waals surface area contributed by atoms with Crippen LogP contribution in [0, 0.1) is 23.2 Å². The summed E-state index contributed by atoms with van der Waals surface area (Å²) < 4.78 is 31.7. The molecule has 2 rings (SSSR count). The number of likely N-dealkylation sites (tertiary alicyclic amines) is 1. The van der Waals surface area contributed by atoms with Crippen molar-refractivity contribution in [3.63, 3.8) is 0 Å². The van der Waals surface area contributed by atoms with Crippen molar-refractivity contribution in [2.24, 2.45) is 17.6 Å². The highest BCUT2D eigenvalue weighted by Crippen LogP contribution is 2.41. The molecule has 2 aliphatic rings. The molecule has 1 heterocycles. The zero-order valence-corrected chi connectivity index (χ0v) is 15.0. The predicted octanol–water partition coefficient (Wildman–Crippen LogP) is 0.622. The summed E-state index contributed by atoms with van der Waals surface area (Å²) in [6.07, 6.45) is -2.86. The molecular weight excluding hydrogens is 369 g/mol. The summed E-state index contributed by atoms with van der Waals surface area (Å²) in [5.74, 6) is -3.20. The third-order valence-electron chi connectivity index (χ3n) is 4.28. The van der Waals surface area contributed by atoms with Crippen molar-refractivity contribution in [1.29, 1.82) is 5.26 Å². The quantitative estimate of drug-likeness (QED) is 0.642. The van der Waals surface area contributed by atoms with Crippen molar-refractivity contribution in [3.8, 4) is 6.07 Å². The molecule has 1 aliphatic heterocycles. The second-order valence-corrected chi connectivity index (χ2v) is 6.82. The molecule has 0 radical (unpaired) electrons. The highest BCUT2D eigenvalue weighted by molar-refractivity contribution is 5.87. The van der Waals surface area contributed by atoms with Crippen molar-refractivity contribution < 1.29 is 32.7 Å². The third kappa shape index (κ3) is 6.39. The predicted molar refractivity (Wildman–Crippen MR) is 86.9 cm³/mol. The van der Waals surface area contributed by atoms with Gasteiger partial charge in [0.2, 0.25) is 11.8 Å². The van der Waals surface area contributed by atoms with E-state index >= 15 is 0 Å². The van der Waals surface area contributed by atoms with Gasteiger partial charge in [0, 0.05) is 18.5 Å². The number of amides is 2. The van der Waals surface area contributed by atoms with Crippen molar-refractivity contribution in [2.45, 2.75) is 57.4 Å². The van der Waals surface area contributed by atoms with Crippen molar-refractivity contribution >= 4 is 17.8 Å². The average Bonchev–Trinajstić information content (AvgIpc) is 3.22. The first-order chi connectivity index (χ1) is 12.4. The van der Waals surface area contributed by atoms with E-state index < -0.39 is 18.2 Å². The molecule has 1 aliphatic carbocycles. The number of halogens is 3. The van der Waals surface area contributed by atoms with Crippen LogP contribution >= 0.6 is 0 Å². The fourth-order valence-electron chi connectivity index (χ4n) is 2.84. The molecule has 4 atom stereocenters. The first kappa shape index (κ1) is 22.7. The second kappa shape index (κ2) is 9.03. The summed E-state index contributed by atoms with van der Waals surface area (Å²) in [5.41, 5.74) is 6.00. The average molecular weight is 392 g/mol. The van der Waals surface area contributed by atoms with Gasteiger partial charge >= 0.3 is 12.1 Å². The van der Waals surface area contributed by atoms with Crippen LogP contribution in [0.2, 0.25) is 0 Å². The third-order valence-corrected chi connectivity index (χ3v) is 4.28. The molecule has 1 saturated carbocycles. The van der Waals surface area contributed by atoms with Crippen LogP contribution in [-0.4, -0.2) is 58.6 Å². The summed E-state index contributed by atoms with van der Waals surface area (Å²) in [6.45, 7) is 4.41. The smallest absolute Gasteiger partial charge is 0.475 e. The van der Waals surface area contributed by atoms with E-state index in [9.17, 15) is 22.8 Å². The molecule has 0 bridgehead atoms. The fourth-order valence-corrected chi connectivity index (χ4v) is 2.84. The molecule has 0 aromatic rings. The lowest BCUT2D eigenvalue weighted by atomic mass is 10.1. The van der Waals surface area contributed by atoms with E-state index in [2.05, 4.69) is 11.4 Å². The molecular formula is C16H23F3N4O4. The summed E-state index contributed by atoms with van der Waals surface area (Å²) in [4.78, 5) is 34.6. The van der Waals surface area contributed by atoms with Gasteiger partial charge in [-0.3, -0.25) is 9.59 Å². The number of carbonyl (C=O) groups is 3. The van der Waals surface area contributed by atoms with Crippen LogP contribution in [0.1, 0.15) is 33.1 Å². The maximum absolute atomic E-state index is 12.3. The van der Waals surface area contributed by atoms with Crippen LogP contribution in [0.4, 0.5) is 13.2 Å². The molecule has 2 fully saturated rings. The van der Waals surface area contributed by atoms with E-state index in [0.29, 0.717) is 13.0 Å². The molecule has 2 amide bonds. The monoisotopic (exact) mass is 392 g/mol. The van der Waals surface area contributed by atoms with Crippen molar-refractivity contribution in [3.05, 3.63) is 0 Å². The molecule has 11 heteroatoms. The van der Waals surface area contributed by atoms with Crippen LogP contribution in [0.15, 0.2) is 0 Å². The molecule has 8 nitrogen and oxygen atoms in total. The summed E-state index contributed by atoms with van der Waals surface area (Å²) in [7, 11) is 0. The zero-order chi connectivity index (χ0) is 20.9. The van der Waals surface area contributed by atoms with E-state index in [4.69, 9.17) is 20.9 Å². The number of nitrogens with zero attached hydrogens (tertiary/aromatic N) is 2. The summed E-state index contributed by atoms with van der Waals surface area (Å²) in [6, 6.07) is 1.22. The van der Waals surface area contributed by atoms with Gasteiger partial charge in [-0.2, -0.15) is 18.4 Å². The Balaban J connectivity index is 0.000000445. The number of nitrogens with two attached hydrogens (primary N) is 1. The number of nitriles is 1. The van der Waals surface area contributed by atoms with E-state index in [1.165, 1.54) is 0 Å². The molecule has 152 valence electrons. The van der Waals surface area contributed by atoms with Gasteiger partial charge in [-0.1, -0.05) is 0 Å². The standard InChI is InChI=1S/C14H22N4O2.C2HF3O2/c1-8(2)17-13(19)11-6-10(11)12(16)14(20)18-5-3-4-9(18)7-15;3-2(4,5)1(6)7/h8-12H,3-6,16H2,1-2H3,(H,17,19);(H,6,7)/t9-,10+,11-,12-;/m0./s1. The lowest BCUT2D eigenvalue weighted by Gasteiger charge is -2.23. The van der Waals surface area contributed by atoms with Gasteiger partial charge in [-0.25, -0.2) is 4.79 Å².